The first kappa shape index (κ1) is 51.1. The predicted octanol–water partition coefficient (Wildman–Crippen LogP) is 9.54. The van der Waals surface area contributed by atoms with Crippen molar-refractivity contribution in [3.63, 3.8) is 0 Å². The quantitative estimate of drug-likeness (QED) is 0.161. The normalized spacial score (nSPS) is 42.0. The molecule has 12 aliphatic rings. The summed E-state index contributed by atoms with van der Waals surface area (Å²) in [6.07, 6.45) is 11.1. The van der Waals surface area contributed by atoms with Crippen molar-refractivity contribution in [2.75, 3.05) is 0 Å². The fourth-order valence-electron chi connectivity index (χ4n) is 14.5. The van der Waals surface area contributed by atoms with Crippen LogP contribution in [0.25, 0.3) is 0 Å². The molecule has 0 aromatic heterocycles. The molecule has 0 radical (unpaired) electrons. The van der Waals surface area contributed by atoms with Gasteiger partial charge in [0.05, 0.1) is 33.0 Å². The summed E-state index contributed by atoms with van der Waals surface area (Å²) in [5.41, 5.74) is -5.63. The third-order valence-electron chi connectivity index (χ3n) is 18.1. The number of rotatable bonds is 10. The summed E-state index contributed by atoms with van der Waals surface area (Å²) in [4.78, 5) is 87.0. The van der Waals surface area contributed by atoms with E-state index in [9.17, 15) is 38.7 Å². The van der Waals surface area contributed by atoms with Gasteiger partial charge in [0.15, 0.2) is 0 Å². The van der Waals surface area contributed by atoms with Crippen molar-refractivity contribution in [2.24, 2.45) is 49.2 Å². The minimum atomic E-state index is -1.07. The first-order valence-electron chi connectivity index (χ1n) is 25.2. The Morgan fingerprint density at radius 1 is 0.522 bits per heavy atom. The fraction of sp³-hybridized carbons (Fsp3) is 0.868. The first-order valence-corrected chi connectivity index (χ1v) is 25.2. The van der Waals surface area contributed by atoms with Gasteiger partial charge < -0.3 is 33.5 Å². The van der Waals surface area contributed by atoms with Gasteiger partial charge >= 0.3 is 41.8 Å². The molecule has 0 spiro atoms. The van der Waals surface area contributed by atoms with Crippen LogP contribution >= 0.6 is 0 Å². The van der Waals surface area contributed by atoms with Crippen molar-refractivity contribution in [1.29, 1.82) is 0 Å². The Morgan fingerprint density at radius 2 is 0.970 bits per heavy atom. The maximum atomic E-state index is 12.7. The minimum Gasteiger partial charge on any atom is -0.481 e. The summed E-state index contributed by atoms with van der Waals surface area (Å²) in [5, 5.41) is 9.74. The zero-order valence-electron chi connectivity index (χ0n) is 42.8. The second-order valence-corrected chi connectivity index (χ2v) is 26.5. The monoisotopic (exact) mass is 941 g/mol. The van der Waals surface area contributed by atoms with Gasteiger partial charge in [0.2, 0.25) is 5.60 Å². The number of esters is 6. The molecular formula is C53H80O14. The van der Waals surface area contributed by atoms with E-state index in [1.54, 1.807) is 0 Å². The Morgan fingerprint density at radius 3 is 1.49 bits per heavy atom. The predicted molar refractivity (Wildman–Crippen MR) is 244 cm³/mol. The number of ether oxygens (including phenoxy) is 6. The number of carbonyl (C=O) groups is 7. The van der Waals surface area contributed by atoms with E-state index in [2.05, 4.69) is 20.8 Å². The molecule has 12 bridgehead atoms. The van der Waals surface area contributed by atoms with Gasteiger partial charge in [-0.3, -0.25) is 28.8 Å². The lowest BCUT2D eigenvalue weighted by molar-refractivity contribution is -0.199. The van der Waals surface area contributed by atoms with Crippen LogP contribution in [0.15, 0.2) is 0 Å². The first-order chi connectivity index (χ1) is 30.6. The molecule has 10 unspecified atom stereocenters. The molecule has 6 saturated carbocycles. The van der Waals surface area contributed by atoms with Crippen LogP contribution in [-0.4, -0.2) is 82.0 Å². The van der Waals surface area contributed by atoms with Crippen LogP contribution < -0.4 is 0 Å². The van der Waals surface area contributed by atoms with Crippen molar-refractivity contribution < 1.29 is 67.1 Å². The third kappa shape index (κ3) is 9.51. The standard InChI is InChI=1S/2C18H28O4.C17H24O6/c1-6-15(2,3)13(19)22-18-8-12-7-16(4,10-18)9-17(5,11-18)14(20)21-12;1-6-15(2,3)13(19)22-18-10-16(4)7-12(21-14(18)20)8-17(5,9-16)11-18;1-4-15(2,3)14(21)23-17-6-10-5-16(9-17,13(19)20)7-11(8-17)22-12(10)18/h2*12H,6-11H2,1-5H3;10-11H,4-9H2,1-3H3,(H,19,20). The smallest absolute Gasteiger partial charge is 0.350 e. The Balaban J connectivity index is 0.000000149. The molecule has 12 rings (SSSR count). The maximum Gasteiger partial charge on any atom is 0.350 e. The van der Waals surface area contributed by atoms with E-state index < -0.39 is 61.9 Å². The highest BCUT2D eigenvalue weighted by atomic mass is 16.6. The van der Waals surface area contributed by atoms with Crippen molar-refractivity contribution in [3.05, 3.63) is 0 Å². The van der Waals surface area contributed by atoms with E-state index in [1.165, 1.54) is 0 Å². The number of hydrogen-bond acceptors (Lipinski definition) is 13. The lowest BCUT2D eigenvalue weighted by Crippen LogP contribution is -2.56. The van der Waals surface area contributed by atoms with Gasteiger partial charge in [-0.15, -0.1) is 0 Å². The molecule has 6 aliphatic heterocycles. The molecule has 67 heavy (non-hydrogen) atoms. The summed E-state index contributed by atoms with van der Waals surface area (Å²) in [6, 6.07) is 0. The van der Waals surface area contributed by atoms with Gasteiger partial charge in [0.1, 0.15) is 29.5 Å². The highest BCUT2D eigenvalue weighted by molar-refractivity contribution is 5.86. The van der Waals surface area contributed by atoms with Gasteiger partial charge in [0.25, 0.3) is 0 Å². The van der Waals surface area contributed by atoms with Crippen LogP contribution in [0, 0.1) is 49.2 Å². The van der Waals surface area contributed by atoms with Crippen LogP contribution in [0.1, 0.15) is 206 Å². The van der Waals surface area contributed by atoms with Crippen LogP contribution in [0.2, 0.25) is 0 Å². The second-order valence-electron chi connectivity index (χ2n) is 26.5. The number of hydrogen-bond donors (Lipinski definition) is 1. The second kappa shape index (κ2) is 16.4. The number of carbonyl (C=O) groups excluding carboxylic acids is 6. The molecule has 6 saturated heterocycles. The molecule has 0 aromatic rings. The molecule has 14 heteroatoms. The Hall–Kier alpha value is -3.71. The number of carboxylic acid groups (broad SMARTS) is 1. The fourth-order valence-corrected chi connectivity index (χ4v) is 14.5. The molecule has 12 fully saturated rings. The van der Waals surface area contributed by atoms with E-state index in [1.807, 2.05) is 69.2 Å². The van der Waals surface area contributed by atoms with E-state index >= 15 is 0 Å². The topological polar surface area (TPSA) is 195 Å². The molecule has 1 N–H and O–H groups in total. The Bertz CT molecular complexity index is 2050. The summed E-state index contributed by atoms with van der Waals surface area (Å²) >= 11 is 0. The SMILES string of the molecule is CCC(C)(C)C(=O)OC12CC3(C)CC(CC(C)(C3)C1)OC2=O.CCC(C)(C)C(=O)OC12CC3CC(C(=O)O)(CC(C1)C(=O)O3)C2.CCC(C)(C)C(=O)OC12CC3CC(C)(C1)CC(C)(C2)C(=O)O3. The van der Waals surface area contributed by atoms with Crippen LogP contribution in [0.3, 0.4) is 0 Å². The Labute approximate surface area is 397 Å². The molecule has 14 nitrogen and oxygen atoms in total. The zero-order chi connectivity index (χ0) is 49.8. The Kier molecular flexibility index (Phi) is 12.6. The van der Waals surface area contributed by atoms with Crippen molar-refractivity contribution in [3.8, 4) is 0 Å². The highest BCUT2D eigenvalue weighted by Crippen LogP contribution is 2.64. The van der Waals surface area contributed by atoms with Gasteiger partial charge in [-0.1, -0.05) is 41.5 Å². The molecule has 376 valence electrons. The summed E-state index contributed by atoms with van der Waals surface area (Å²) in [6.45, 7) is 25.7. The average molecular weight is 941 g/mol. The van der Waals surface area contributed by atoms with Gasteiger partial charge in [0, 0.05) is 51.4 Å². The highest BCUT2D eigenvalue weighted by Gasteiger charge is 2.67. The van der Waals surface area contributed by atoms with Crippen LogP contribution in [0.5, 0.6) is 0 Å². The summed E-state index contributed by atoms with van der Waals surface area (Å²) < 4.78 is 34.7. The van der Waals surface area contributed by atoms with E-state index in [0.717, 1.165) is 44.9 Å². The lowest BCUT2D eigenvalue weighted by atomic mass is 9.52. The summed E-state index contributed by atoms with van der Waals surface area (Å²) in [5.74, 6) is -2.92. The van der Waals surface area contributed by atoms with Crippen molar-refractivity contribution in [1.82, 2.24) is 0 Å². The number of fused-ring (bicyclic) bond motifs is 3. The molecule has 0 aromatic carbocycles. The zero-order valence-corrected chi connectivity index (χ0v) is 42.8. The summed E-state index contributed by atoms with van der Waals surface area (Å²) in [7, 11) is 0. The molecule has 6 aliphatic carbocycles. The third-order valence-corrected chi connectivity index (χ3v) is 18.1. The van der Waals surface area contributed by atoms with E-state index in [4.69, 9.17) is 28.4 Å². The lowest BCUT2D eigenvalue weighted by Gasteiger charge is -2.54. The maximum absolute atomic E-state index is 12.7. The van der Waals surface area contributed by atoms with Gasteiger partial charge in [-0.25, -0.2) is 4.79 Å². The van der Waals surface area contributed by atoms with Crippen molar-refractivity contribution >= 4 is 41.8 Å². The van der Waals surface area contributed by atoms with Gasteiger partial charge in [-0.05, 0) is 129 Å². The minimum absolute atomic E-state index is 0.0153. The largest absolute Gasteiger partial charge is 0.481 e. The van der Waals surface area contributed by atoms with Gasteiger partial charge in [-0.2, -0.15) is 0 Å². The molecule has 0 amide bonds. The molecular weight excluding hydrogens is 861 g/mol. The van der Waals surface area contributed by atoms with Crippen molar-refractivity contribution in [2.45, 2.75) is 241 Å². The van der Waals surface area contributed by atoms with Crippen LogP contribution in [-0.2, 0) is 62.0 Å². The molecule has 10 atom stereocenters. The van der Waals surface area contributed by atoms with Crippen LogP contribution in [0.4, 0.5) is 0 Å². The number of carboxylic acids is 1. The average Bonchev–Trinajstić information content (AvgIpc) is 3.48. The molecule has 6 heterocycles. The number of aliphatic carboxylic acids is 1. The van der Waals surface area contributed by atoms with E-state index in [-0.39, 0.29) is 77.1 Å². The van der Waals surface area contributed by atoms with E-state index in [0.29, 0.717) is 57.8 Å².